The summed E-state index contributed by atoms with van der Waals surface area (Å²) in [5.41, 5.74) is 0.613. The summed E-state index contributed by atoms with van der Waals surface area (Å²) < 4.78 is 10.7. The van der Waals surface area contributed by atoms with E-state index in [1.165, 1.54) is 11.3 Å². The Balaban J connectivity index is 1.65. The lowest BCUT2D eigenvalue weighted by atomic mass is 10.2. The van der Waals surface area contributed by atoms with Gasteiger partial charge in [-0.25, -0.2) is 0 Å². The average Bonchev–Trinajstić information content (AvgIpc) is 3.36. The molecule has 0 atom stereocenters. The van der Waals surface area contributed by atoms with Crippen LogP contribution in [0.2, 0.25) is 0 Å². The number of hydrogen-bond acceptors (Lipinski definition) is 5. The number of rotatable bonds is 7. The van der Waals surface area contributed by atoms with Crippen LogP contribution in [0.5, 0.6) is 11.5 Å². The van der Waals surface area contributed by atoms with Gasteiger partial charge in [0.25, 0.3) is 5.91 Å². The van der Waals surface area contributed by atoms with E-state index in [1.54, 1.807) is 37.4 Å². The van der Waals surface area contributed by atoms with Gasteiger partial charge in [-0.05, 0) is 44.0 Å². The molecule has 2 N–H and O–H groups in total. The molecule has 0 spiro atoms. The monoisotopic (exact) mass is 360 g/mol. The zero-order valence-corrected chi connectivity index (χ0v) is 14.9. The maximum Gasteiger partial charge on any atom is 0.265 e. The van der Waals surface area contributed by atoms with Crippen LogP contribution in [-0.4, -0.2) is 25.5 Å². The van der Waals surface area contributed by atoms with Gasteiger partial charge in [-0.2, -0.15) is 0 Å². The molecule has 0 bridgehead atoms. The molecule has 1 heterocycles. The fraction of sp³-hybridized carbons (Fsp3) is 0.333. The van der Waals surface area contributed by atoms with Crippen LogP contribution in [-0.2, 0) is 4.79 Å². The van der Waals surface area contributed by atoms with Gasteiger partial charge in [-0.15, -0.1) is 11.3 Å². The topological polar surface area (TPSA) is 76.7 Å². The Kier molecular flexibility index (Phi) is 5.23. The normalized spacial score (nSPS) is 13.2. The minimum absolute atomic E-state index is 0.0325. The van der Waals surface area contributed by atoms with Crippen molar-refractivity contribution in [2.75, 3.05) is 24.4 Å². The van der Waals surface area contributed by atoms with Crippen molar-refractivity contribution < 1.29 is 19.1 Å². The van der Waals surface area contributed by atoms with Gasteiger partial charge in [-0.1, -0.05) is 0 Å². The molecule has 6 nitrogen and oxygen atoms in total. The molecule has 1 aromatic carbocycles. The SMILES string of the molecule is CCOc1ccc(NC(=O)c2ccc(NC(=O)C3CC3)s2)cc1OC. The third-order valence-electron chi connectivity index (χ3n) is 3.75. The minimum atomic E-state index is -0.233. The maximum atomic E-state index is 12.4. The minimum Gasteiger partial charge on any atom is -0.493 e. The molecule has 1 saturated carbocycles. The van der Waals surface area contributed by atoms with E-state index in [1.807, 2.05) is 6.92 Å². The van der Waals surface area contributed by atoms with Crippen LogP contribution >= 0.6 is 11.3 Å². The van der Waals surface area contributed by atoms with Crippen LogP contribution in [0.3, 0.4) is 0 Å². The standard InChI is InChI=1S/C18H20N2O4S/c1-3-24-13-7-6-12(10-14(13)23-2)19-18(22)15-8-9-16(25-15)20-17(21)11-4-5-11/h6-11H,3-5H2,1-2H3,(H,19,22)(H,20,21). The molecule has 3 rings (SSSR count). The summed E-state index contributed by atoms with van der Waals surface area (Å²) in [5, 5.41) is 6.36. The van der Waals surface area contributed by atoms with E-state index in [2.05, 4.69) is 10.6 Å². The van der Waals surface area contributed by atoms with Gasteiger partial charge < -0.3 is 20.1 Å². The molecule has 132 valence electrons. The van der Waals surface area contributed by atoms with Gasteiger partial charge in [0.1, 0.15) is 0 Å². The molecular weight excluding hydrogens is 340 g/mol. The Morgan fingerprint density at radius 3 is 2.64 bits per heavy atom. The summed E-state index contributed by atoms with van der Waals surface area (Å²) in [6.45, 7) is 2.43. The highest BCUT2D eigenvalue weighted by molar-refractivity contribution is 7.18. The molecule has 0 aliphatic heterocycles. The van der Waals surface area contributed by atoms with Crippen molar-refractivity contribution in [1.82, 2.24) is 0 Å². The molecule has 1 fully saturated rings. The van der Waals surface area contributed by atoms with Gasteiger partial charge in [-0.3, -0.25) is 9.59 Å². The first kappa shape index (κ1) is 17.3. The lowest BCUT2D eigenvalue weighted by Crippen LogP contribution is -2.12. The molecule has 1 aromatic heterocycles. The van der Waals surface area contributed by atoms with Crippen molar-refractivity contribution in [3.63, 3.8) is 0 Å². The van der Waals surface area contributed by atoms with Gasteiger partial charge in [0, 0.05) is 17.7 Å². The van der Waals surface area contributed by atoms with E-state index >= 15 is 0 Å². The van der Waals surface area contributed by atoms with E-state index in [-0.39, 0.29) is 17.7 Å². The van der Waals surface area contributed by atoms with Crippen LogP contribution in [0, 0.1) is 5.92 Å². The van der Waals surface area contributed by atoms with Crippen molar-refractivity contribution >= 4 is 33.8 Å². The Labute approximate surface area is 150 Å². The van der Waals surface area contributed by atoms with Crippen molar-refractivity contribution in [2.24, 2.45) is 5.92 Å². The Hall–Kier alpha value is -2.54. The summed E-state index contributed by atoms with van der Waals surface area (Å²) in [7, 11) is 1.55. The molecule has 0 radical (unpaired) electrons. The van der Waals surface area contributed by atoms with Crippen LogP contribution in [0.15, 0.2) is 30.3 Å². The van der Waals surface area contributed by atoms with E-state index in [4.69, 9.17) is 9.47 Å². The molecule has 0 saturated heterocycles. The molecule has 2 amide bonds. The smallest absolute Gasteiger partial charge is 0.265 e. The van der Waals surface area contributed by atoms with E-state index < -0.39 is 0 Å². The van der Waals surface area contributed by atoms with Gasteiger partial charge >= 0.3 is 0 Å². The lowest BCUT2D eigenvalue weighted by molar-refractivity contribution is -0.117. The molecule has 25 heavy (non-hydrogen) atoms. The highest BCUT2D eigenvalue weighted by Crippen LogP contribution is 2.33. The first-order valence-electron chi connectivity index (χ1n) is 8.13. The summed E-state index contributed by atoms with van der Waals surface area (Å²) in [5.74, 6) is 1.12. The van der Waals surface area contributed by atoms with E-state index in [0.29, 0.717) is 33.7 Å². The molecule has 1 aliphatic carbocycles. The molecule has 1 aliphatic rings. The third-order valence-corrected chi connectivity index (χ3v) is 4.75. The number of thiophene rings is 1. The molecular formula is C18H20N2O4S. The zero-order chi connectivity index (χ0) is 17.8. The number of methoxy groups -OCH3 is 1. The second-order valence-electron chi connectivity index (χ2n) is 5.68. The van der Waals surface area contributed by atoms with Crippen LogP contribution in [0.25, 0.3) is 0 Å². The first-order chi connectivity index (χ1) is 12.1. The Morgan fingerprint density at radius 2 is 1.96 bits per heavy atom. The van der Waals surface area contributed by atoms with Crippen molar-refractivity contribution in [3.05, 3.63) is 35.2 Å². The van der Waals surface area contributed by atoms with Crippen LogP contribution < -0.4 is 20.1 Å². The number of benzene rings is 1. The highest BCUT2D eigenvalue weighted by Gasteiger charge is 2.29. The maximum absolute atomic E-state index is 12.4. The summed E-state index contributed by atoms with van der Waals surface area (Å²) in [4.78, 5) is 24.7. The van der Waals surface area contributed by atoms with Crippen molar-refractivity contribution in [2.45, 2.75) is 19.8 Å². The van der Waals surface area contributed by atoms with Crippen molar-refractivity contribution in [1.29, 1.82) is 0 Å². The Morgan fingerprint density at radius 1 is 1.16 bits per heavy atom. The summed E-state index contributed by atoms with van der Waals surface area (Å²) >= 11 is 1.26. The zero-order valence-electron chi connectivity index (χ0n) is 14.1. The summed E-state index contributed by atoms with van der Waals surface area (Å²) in [6.07, 6.45) is 1.90. The van der Waals surface area contributed by atoms with Gasteiger partial charge in [0.05, 0.1) is 23.6 Å². The number of carbonyl (C=O) groups is 2. The van der Waals surface area contributed by atoms with E-state index in [0.717, 1.165) is 12.8 Å². The number of anilines is 2. The van der Waals surface area contributed by atoms with Gasteiger partial charge in [0.2, 0.25) is 5.91 Å². The number of carbonyl (C=O) groups excluding carboxylic acids is 2. The molecule has 2 aromatic rings. The third kappa shape index (κ3) is 4.30. The largest absolute Gasteiger partial charge is 0.493 e. The Bertz CT molecular complexity index is 783. The predicted molar refractivity (Wildman–Crippen MR) is 97.8 cm³/mol. The van der Waals surface area contributed by atoms with Gasteiger partial charge in [0.15, 0.2) is 11.5 Å². The number of ether oxygens (including phenoxy) is 2. The van der Waals surface area contributed by atoms with E-state index in [9.17, 15) is 9.59 Å². The average molecular weight is 360 g/mol. The fourth-order valence-electron chi connectivity index (χ4n) is 2.31. The van der Waals surface area contributed by atoms with Crippen LogP contribution in [0.4, 0.5) is 10.7 Å². The second-order valence-corrected chi connectivity index (χ2v) is 6.76. The highest BCUT2D eigenvalue weighted by atomic mass is 32.1. The molecule has 0 unspecified atom stereocenters. The molecule has 7 heteroatoms. The first-order valence-corrected chi connectivity index (χ1v) is 8.95. The number of amides is 2. The number of hydrogen-bond donors (Lipinski definition) is 2. The quantitative estimate of drug-likeness (QED) is 0.788. The summed E-state index contributed by atoms with van der Waals surface area (Å²) in [6, 6.07) is 8.68. The van der Waals surface area contributed by atoms with Crippen molar-refractivity contribution in [3.8, 4) is 11.5 Å². The fourth-order valence-corrected chi connectivity index (χ4v) is 3.11. The van der Waals surface area contributed by atoms with Crippen LogP contribution in [0.1, 0.15) is 29.4 Å². The second kappa shape index (κ2) is 7.57. The lowest BCUT2D eigenvalue weighted by Gasteiger charge is -2.11. The predicted octanol–water partition coefficient (Wildman–Crippen LogP) is 3.76. The number of nitrogens with one attached hydrogen (secondary N) is 2.